The molecule has 1 aromatic carbocycles. The summed E-state index contributed by atoms with van der Waals surface area (Å²) in [4.78, 5) is 17.3. The lowest BCUT2D eigenvalue weighted by Crippen LogP contribution is -2.25. The molecule has 1 aliphatic heterocycles. The number of carbonyl (C=O) groups is 1. The summed E-state index contributed by atoms with van der Waals surface area (Å²) in [6.45, 7) is 5.94. The fourth-order valence-corrected chi connectivity index (χ4v) is 3.19. The second-order valence-corrected chi connectivity index (χ2v) is 6.88. The lowest BCUT2D eigenvalue weighted by Gasteiger charge is -2.21. The summed E-state index contributed by atoms with van der Waals surface area (Å²) in [5.74, 6) is 0.0318. The van der Waals surface area contributed by atoms with Gasteiger partial charge in [0.2, 0.25) is 5.91 Å². The molecule has 2 aromatic rings. The van der Waals surface area contributed by atoms with Gasteiger partial charge in [0.1, 0.15) is 0 Å². The molecule has 0 fully saturated rings. The Balaban J connectivity index is 1.81. The molecule has 0 radical (unpaired) electrons. The van der Waals surface area contributed by atoms with Crippen LogP contribution in [0.1, 0.15) is 35.9 Å². The molecule has 1 aliphatic rings. The lowest BCUT2D eigenvalue weighted by molar-refractivity contribution is -0.113. The minimum absolute atomic E-state index is 0.125. The maximum atomic E-state index is 11.5. The molecule has 0 saturated heterocycles. The van der Waals surface area contributed by atoms with Gasteiger partial charge in [-0.3, -0.25) is 9.48 Å². The maximum Gasteiger partial charge on any atom is 0.234 e. The van der Waals surface area contributed by atoms with Crippen LogP contribution in [0.4, 0.5) is 5.69 Å². The molecule has 25 heavy (non-hydrogen) atoms. The van der Waals surface area contributed by atoms with Crippen LogP contribution in [0.15, 0.2) is 29.4 Å². The Morgan fingerprint density at radius 2 is 2.16 bits per heavy atom. The quantitative estimate of drug-likeness (QED) is 0.826. The topological polar surface area (TPSA) is 68.5 Å². The molecule has 2 heterocycles. The third-order valence-corrected chi connectivity index (χ3v) is 4.67. The van der Waals surface area contributed by atoms with Gasteiger partial charge in [0.05, 0.1) is 22.9 Å². The number of amides is 1. The van der Waals surface area contributed by atoms with E-state index >= 15 is 0 Å². The SMILES string of the molecule is Cc1cc(C2(C)CC(c3ccc(NC(=O)CS)c(C)c3)=NO2)n(C)n1. The average molecular weight is 358 g/mol. The molecule has 0 saturated carbocycles. The minimum Gasteiger partial charge on any atom is -0.382 e. The van der Waals surface area contributed by atoms with Gasteiger partial charge in [-0.1, -0.05) is 11.2 Å². The fraction of sp³-hybridized carbons (Fsp3) is 0.389. The van der Waals surface area contributed by atoms with E-state index in [1.807, 2.05) is 56.8 Å². The molecule has 132 valence electrons. The van der Waals surface area contributed by atoms with Crippen molar-refractivity contribution in [3.63, 3.8) is 0 Å². The van der Waals surface area contributed by atoms with E-state index in [0.717, 1.165) is 33.9 Å². The van der Waals surface area contributed by atoms with E-state index in [4.69, 9.17) is 4.84 Å². The standard InChI is InChI=1S/C18H22N4O2S/c1-11-7-13(5-6-14(11)19-17(23)10-25)15-9-18(3,24-21-15)16-8-12(2)20-22(16)4/h5-8,25H,9-10H2,1-4H3,(H,19,23). The molecule has 1 aromatic heterocycles. The number of nitrogens with zero attached hydrogens (tertiary/aromatic N) is 3. The Morgan fingerprint density at radius 1 is 1.40 bits per heavy atom. The van der Waals surface area contributed by atoms with Crippen LogP contribution in [-0.2, 0) is 22.3 Å². The number of nitrogens with one attached hydrogen (secondary N) is 1. The van der Waals surface area contributed by atoms with Gasteiger partial charge < -0.3 is 10.2 Å². The first-order valence-corrected chi connectivity index (χ1v) is 8.73. The molecular formula is C18H22N4O2S. The zero-order chi connectivity index (χ0) is 18.2. The Kier molecular flexibility index (Phi) is 4.60. The lowest BCUT2D eigenvalue weighted by atomic mass is 9.92. The van der Waals surface area contributed by atoms with E-state index < -0.39 is 5.60 Å². The first kappa shape index (κ1) is 17.5. The van der Waals surface area contributed by atoms with Gasteiger partial charge in [0, 0.05) is 19.2 Å². The number of oxime groups is 1. The molecule has 1 N–H and O–H groups in total. The third kappa shape index (κ3) is 3.42. The number of benzene rings is 1. The summed E-state index contributed by atoms with van der Waals surface area (Å²) in [5.41, 5.74) is 5.06. The van der Waals surface area contributed by atoms with Crippen molar-refractivity contribution in [1.82, 2.24) is 9.78 Å². The van der Waals surface area contributed by atoms with Crippen molar-refractivity contribution in [2.75, 3.05) is 11.1 Å². The van der Waals surface area contributed by atoms with Gasteiger partial charge >= 0.3 is 0 Å². The molecule has 0 bridgehead atoms. The number of anilines is 1. The molecule has 7 heteroatoms. The van der Waals surface area contributed by atoms with Gasteiger partial charge in [-0.25, -0.2) is 0 Å². The first-order chi connectivity index (χ1) is 11.8. The predicted octanol–water partition coefficient (Wildman–Crippen LogP) is 2.95. The molecule has 1 atom stereocenters. The van der Waals surface area contributed by atoms with E-state index in [0.29, 0.717) is 6.42 Å². The number of carbonyl (C=O) groups excluding carboxylic acids is 1. The summed E-state index contributed by atoms with van der Waals surface area (Å²) < 4.78 is 1.84. The highest BCUT2D eigenvalue weighted by Crippen LogP contribution is 2.36. The van der Waals surface area contributed by atoms with E-state index in [9.17, 15) is 4.79 Å². The highest BCUT2D eigenvalue weighted by molar-refractivity contribution is 7.81. The van der Waals surface area contributed by atoms with E-state index in [1.54, 1.807) is 0 Å². The van der Waals surface area contributed by atoms with E-state index in [1.165, 1.54) is 0 Å². The van der Waals surface area contributed by atoms with Crippen LogP contribution in [0.25, 0.3) is 0 Å². The Bertz CT molecular complexity index is 859. The smallest absolute Gasteiger partial charge is 0.234 e. The number of rotatable bonds is 4. The average Bonchev–Trinajstić information content (AvgIpc) is 3.12. The van der Waals surface area contributed by atoms with Crippen LogP contribution in [0, 0.1) is 13.8 Å². The van der Waals surface area contributed by atoms with Crippen molar-refractivity contribution in [2.45, 2.75) is 32.8 Å². The van der Waals surface area contributed by atoms with Gasteiger partial charge in [-0.15, -0.1) is 0 Å². The van der Waals surface area contributed by atoms with Gasteiger partial charge in [-0.05, 0) is 50.1 Å². The maximum absolute atomic E-state index is 11.5. The number of aromatic nitrogens is 2. The van der Waals surface area contributed by atoms with Crippen LogP contribution >= 0.6 is 12.6 Å². The van der Waals surface area contributed by atoms with Gasteiger partial charge in [-0.2, -0.15) is 17.7 Å². The van der Waals surface area contributed by atoms with E-state index in [2.05, 4.69) is 28.2 Å². The molecule has 3 rings (SSSR count). The number of hydrogen-bond acceptors (Lipinski definition) is 5. The largest absolute Gasteiger partial charge is 0.382 e. The summed E-state index contributed by atoms with van der Waals surface area (Å²) in [7, 11) is 1.91. The molecule has 6 nitrogen and oxygen atoms in total. The van der Waals surface area contributed by atoms with Gasteiger partial charge in [0.15, 0.2) is 5.60 Å². The third-order valence-electron chi connectivity index (χ3n) is 4.38. The Labute approximate surface area is 152 Å². The highest BCUT2D eigenvalue weighted by atomic mass is 32.1. The molecule has 0 aliphatic carbocycles. The summed E-state index contributed by atoms with van der Waals surface area (Å²) in [5, 5.41) is 11.5. The minimum atomic E-state index is -0.530. The van der Waals surface area contributed by atoms with Gasteiger partial charge in [0.25, 0.3) is 0 Å². The predicted molar refractivity (Wildman–Crippen MR) is 101 cm³/mol. The Hall–Kier alpha value is -2.28. The van der Waals surface area contributed by atoms with Crippen molar-refractivity contribution in [1.29, 1.82) is 0 Å². The zero-order valence-electron chi connectivity index (χ0n) is 14.8. The molecule has 1 amide bonds. The number of aryl methyl sites for hydroxylation is 3. The molecule has 1 unspecified atom stereocenters. The fourth-order valence-electron chi connectivity index (χ4n) is 3.11. The number of thiol groups is 1. The van der Waals surface area contributed by atoms with Crippen LogP contribution < -0.4 is 5.32 Å². The van der Waals surface area contributed by atoms with E-state index in [-0.39, 0.29) is 11.7 Å². The van der Waals surface area contributed by atoms with Crippen molar-refractivity contribution in [3.05, 3.63) is 46.8 Å². The first-order valence-electron chi connectivity index (χ1n) is 8.10. The second kappa shape index (κ2) is 6.55. The highest BCUT2D eigenvalue weighted by Gasteiger charge is 2.39. The molecule has 0 spiro atoms. The Morgan fingerprint density at radius 3 is 2.76 bits per heavy atom. The van der Waals surface area contributed by atoms with Crippen LogP contribution in [0.5, 0.6) is 0 Å². The normalized spacial score (nSPS) is 19.5. The monoisotopic (exact) mass is 358 g/mol. The summed E-state index contributed by atoms with van der Waals surface area (Å²) in [6, 6.07) is 7.87. The summed E-state index contributed by atoms with van der Waals surface area (Å²) in [6.07, 6.45) is 0.660. The van der Waals surface area contributed by atoms with Crippen LogP contribution in [0.2, 0.25) is 0 Å². The van der Waals surface area contributed by atoms with Crippen LogP contribution in [0.3, 0.4) is 0 Å². The van der Waals surface area contributed by atoms with Crippen molar-refractivity contribution in [2.24, 2.45) is 12.2 Å². The van der Waals surface area contributed by atoms with Crippen molar-refractivity contribution in [3.8, 4) is 0 Å². The van der Waals surface area contributed by atoms with Crippen LogP contribution in [-0.4, -0.2) is 27.2 Å². The summed E-state index contributed by atoms with van der Waals surface area (Å²) >= 11 is 3.98. The van der Waals surface area contributed by atoms with Crippen molar-refractivity contribution < 1.29 is 9.63 Å². The zero-order valence-corrected chi connectivity index (χ0v) is 15.7. The van der Waals surface area contributed by atoms with Crippen molar-refractivity contribution >= 4 is 29.9 Å². The molecular weight excluding hydrogens is 336 g/mol. The number of hydrogen-bond donors (Lipinski definition) is 2. The second-order valence-electron chi connectivity index (χ2n) is 6.57.